The second-order valence-electron chi connectivity index (χ2n) is 7.15. The molecule has 6 heteroatoms. The van der Waals surface area contributed by atoms with Crippen LogP contribution in [0.25, 0.3) is 0 Å². The van der Waals surface area contributed by atoms with Crippen molar-refractivity contribution in [2.24, 2.45) is 5.73 Å². The maximum atomic E-state index is 12.7. The van der Waals surface area contributed by atoms with E-state index in [-0.39, 0.29) is 17.9 Å². The number of carbonyl (C=O) groups excluding carboxylic acids is 2. The summed E-state index contributed by atoms with van der Waals surface area (Å²) in [5.74, 6) is 0.563. The molecule has 28 heavy (non-hydrogen) atoms. The van der Waals surface area contributed by atoms with E-state index in [9.17, 15) is 9.59 Å². The van der Waals surface area contributed by atoms with Crippen molar-refractivity contribution in [2.45, 2.75) is 31.1 Å². The molecule has 0 spiro atoms. The number of amides is 2. The summed E-state index contributed by atoms with van der Waals surface area (Å²) in [5.41, 5.74) is 6.60. The number of rotatable bonds is 8. The van der Waals surface area contributed by atoms with E-state index in [0.29, 0.717) is 17.9 Å². The summed E-state index contributed by atoms with van der Waals surface area (Å²) in [4.78, 5) is 23.6. The number of primary amides is 1. The smallest absolute Gasteiger partial charge is 0.255 e. The molecule has 0 radical (unpaired) electrons. The Hall–Kier alpha value is -3.02. The van der Waals surface area contributed by atoms with Gasteiger partial charge in [0.15, 0.2) is 6.61 Å². The van der Waals surface area contributed by atoms with Crippen LogP contribution in [-0.2, 0) is 10.2 Å². The summed E-state index contributed by atoms with van der Waals surface area (Å²) in [6, 6.07) is 14.8. The fourth-order valence-corrected chi connectivity index (χ4v) is 3.91. The van der Waals surface area contributed by atoms with E-state index in [1.165, 1.54) is 0 Å². The van der Waals surface area contributed by atoms with Crippen molar-refractivity contribution in [3.05, 3.63) is 59.7 Å². The van der Waals surface area contributed by atoms with Gasteiger partial charge in [0, 0.05) is 23.1 Å². The van der Waals surface area contributed by atoms with Crippen molar-refractivity contribution < 1.29 is 19.1 Å². The first-order valence-corrected chi connectivity index (χ1v) is 9.47. The summed E-state index contributed by atoms with van der Waals surface area (Å²) >= 11 is 0. The number of hydrogen-bond donors (Lipinski definition) is 2. The third-order valence-corrected chi connectivity index (χ3v) is 5.30. The molecule has 3 rings (SSSR count). The first-order valence-electron chi connectivity index (χ1n) is 9.47. The second kappa shape index (κ2) is 8.78. The van der Waals surface area contributed by atoms with Crippen molar-refractivity contribution in [3.8, 4) is 11.5 Å². The minimum absolute atomic E-state index is 0.123. The van der Waals surface area contributed by atoms with Crippen LogP contribution < -0.4 is 20.5 Å². The van der Waals surface area contributed by atoms with Gasteiger partial charge in [-0.05, 0) is 37.1 Å². The van der Waals surface area contributed by atoms with Gasteiger partial charge in [0.05, 0.1) is 7.11 Å². The molecule has 0 aliphatic heterocycles. The molecule has 0 saturated heterocycles. The molecule has 1 aliphatic rings. The molecule has 0 aromatic heterocycles. The van der Waals surface area contributed by atoms with Crippen LogP contribution in [0.3, 0.4) is 0 Å². The van der Waals surface area contributed by atoms with Gasteiger partial charge in [-0.15, -0.1) is 0 Å². The highest BCUT2D eigenvalue weighted by molar-refractivity contribution is 5.94. The fraction of sp³-hybridized carbons (Fsp3) is 0.364. The van der Waals surface area contributed by atoms with Crippen LogP contribution in [0.5, 0.6) is 11.5 Å². The lowest BCUT2D eigenvalue weighted by Gasteiger charge is -2.31. The predicted molar refractivity (Wildman–Crippen MR) is 107 cm³/mol. The van der Waals surface area contributed by atoms with E-state index in [0.717, 1.165) is 37.0 Å². The van der Waals surface area contributed by atoms with Crippen LogP contribution in [0, 0.1) is 0 Å². The summed E-state index contributed by atoms with van der Waals surface area (Å²) in [7, 11) is 1.68. The maximum absolute atomic E-state index is 12.7. The van der Waals surface area contributed by atoms with Gasteiger partial charge < -0.3 is 20.5 Å². The zero-order valence-electron chi connectivity index (χ0n) is 16.1. The lowest BCUT2D eigenvalue weighted by Crippen LogP contribution is -2.39. The SMILES string of the molecule is COc1ccccc1C1(CNC(=O)c2cccc(OCC(N)=O)c2)CCCC1. The molecule has 0 heterocycles. The number of ether oxygens (including phenoxy) is 2. The number of benzene rings is 2. The number of hydrogen-bond acceptors (Lipinski definition) is 4. The van der Waals surface area contributed by atoms with Crippen LogP contribution in [0.1, 0.15) is 41.6 Å². The van der Waals surface area contributed by atoms with Crippen LogP contribution in [0.15, 0.2) is 48.5 Å². The summed E-state index contributed by atoms with van der Waals surface area (Å²) in [5, 5.41) is 3.08. The normalized spacial score (nSPS) is 15.0. The van der Waals surface area contributed by atoms with E-state index in [1.54, 1.807) is 31.4 Å². The average Bonchev–Trinajstić information content (AvgIpc) is 3.20. The molecule has 1 saturated carbocycles. The Balaban J connectivity index is 1.73. The van der Waals surface area contributed by atoms with Gasteiger partial charge >= 0.3 is 0 Å². The molecular formula is C22H26N2O4. The Kier molecular flexibility index (Phi) is 6.19. The third-order valence-electron chi connectivity index (χ3n) is 5.30. The van der Waals surface area contributed by atoms with Crippen LogP contribution >= 0.6 is 0 Å². The first kappa shape index (κ1) is 19.7. The van der Waals surface area contributed by atoms with Crippen LogP contribution in [-0.4, -0.2) is 32.1 Å². The molecule has 2 amide bonds. The Bertz CT molecular complexity index is 844. The van der Waals surface area contributed by atoms with Gasteiger partial charge in [-0.2, -0.15) is 0 Å². The number of para-hydroxylation sites is 1. The lowest BCUT2D eigenvalue weighted by atomic mass is 9.78. The van der Waals surface area contributed by atoms with Gasteiger partial charge in [0.2, 0.25) is 0 Å². The molecule has 1 aliphatic carbocycles. The van der Waals surface area contributed by atoms with E-state index >= 15 is 0 Å². The molecule has 3 N–H and O–H groups in total. The van der Waals surface area contributed by atoms with E-state index < -0.39 is 5.91 Å². The zero-order chi connectivity index (χ0) is 20.0. The standard InChI is InChI=1S/C22H26N2O4/c1-27-19-10-3-2-9-18(19)22(11-4-5-12-22)15-24-21(26)16-7-6-8-17(13-16)28-14-20(23)25/h2-3,6-10,13H,4-5,11-12,14-15H2,1H3,(H2,23,25)(H,24,26). The molecule has 2 aromatic carbocycles. The highest BCUT2D eigenvalue weighted by Gasteiger charge is 2.38. The molecule has 0 bridgehead atoms. The number of carbonyl (C=O) groups is 2. The van der Waals surface area contributed by atoms with Crippen molar-refractivity contribution in [3.63, 3.8) is 0 Å². The van der Waals surface area contributed by atoms with Gasteiger partial charge in [-0.1, -0.05) is 37.1 Å². The molecule has 2 aromatic rings. The first-order chi connectivity index (χ1) is 13.5. The van der Waals surface area contributed by atoms with Crippen LogP contribution in [0.2, 0.25) is 0 Å². The highest BCUT2D eigenvalue weighted by Crippen LogP contribution is 2.44. The second-order valence-corrected chi connectivity index (χ2v) is 7.15. The largest absolute Gasteiger partial charge is 0.496 e. The Labute approximate surface area is 165 Å². The molecule has 148 valence electrons. The topological polar surface area (TPSA) is 90.7 Å². The van der Waals surface area contributed by atoms with Crippen molar-refractivity contribution in [1.29, 1.82) is 0 Å². The summed E-state index contributed by atoms with van der Waals surface area (Å²) in [6.45, 7) is 0.320. The Morgan fingerprint density at radius 1 is 1.11 bits per heavy atom. The predicted octanol–water partition coefficient (Wildman–Crippen LogP) is 2.80. The molecular weight excluding hydrogens is 356 g/mol. The molecule has 6 nitrogen and oxygen atoms in total. The quantitative estimate of drug-likeness (QED) is 0.734. The van der Waals surface area contributed by atoms with Gasteiger partial charge in [0.1, 0.15) is 11.5 Å². The maximum Gasteiger partial charge on any atom is 0.255 e. The summed E-state index contributed by atoms with van der Waals surface area (Å²) < 4.78 is 10.9. The molecule has 0 unspecified atom stereocenters. The number of methoxy groups -OCH3 is 1. The van der Waals surface area contributed by atoms with Crippen molar-refractivity contribution in [1.82, 2.24) is 5.32 Å². The van der Waals surface area contributed by atoms with Crippen LogP contribution in [0.4, 0.5) is 0 Å². The molecule has 1 fully saturated rings. The van der Waals surface area contributed by atoms with Crippen molar-refractivity contribution >= 4 is 11.8 Å². The van der Waals surface area contributed by atoms with Crippen molar-refractivity contribution in [2.75, 3.05) is 20.3 Å². The van der Waals surface area contributed by atoms with Gasteiger partial charge in [-0.3, -0.25) is 9.59 Å². The lowest BCUT2D eigenvalue weighted by molar-refractivity contribution is -0.119. The Morgan fingerprint density at radius 3 is 2.57 bits per heavy atom. The monoisotopic (exact) mass is 382 g/mol. The fourth-order valence-electron chi connectivity index (χ4n) is 3.91. The number of nitrogens with two attached hydrogens (primary N) is 1. The van der Waals surface area contributed by atoms with Gasteiger partial charge in [-0.25, -0.2) is 0 Å². The average molecular weight is 382 g/mol. The third kappa shape index (κ3) is 4.44. The Morgan fingerprint density at radius 2 is 1.86 bits per heavy atom. The number of nitrogens with one attached hydrogen (secondary N) is 1. The summed E-state index contributed by atoms with van der Waals surface area (Å²) in [6.07, 6.45) is 4.28. The van der Waals surface area contributed by atoms with Gasteiger partial charge in [0.25, 0.3) is 11.8 Å². The van der Waals surface area contributed by atoms with E-state index in [2.05, 4.69) is 11.4 Å². The zero-order valence-corrected chi connectivity index (χ0v) is 16.1. The molecule has 0 atom stereocenters. The minimum Gasteiger partial charge on any atom is -0.496 e. The highest BCUT2D eigenvalue weighted by atomic mass is 16.5. The van der Waals surface area contributed by atoms with E-state index in [1.807, 2.05) is 18.2 Å². The minimum atomic E-state index is -0.560. The van der Waals surface area contributed by atoms with E-state index in [4.69, 9.17) is 15.2 Å².